The number of aliphatic hydroxyl groups is 1. The third kappa shape index (κ3) is 6.15. The van der Waals surface area contributed by atoms with Crippen LogP contribution in [-0.2, 0) is 16.1 Å². The molecule has 0 aliphatic carbocycles. The predicted molar refractivity (Wildman–Crippen MR) is 114 cm³/mol. The molecule has 0 radical (unpaired) electrons. The third-order valence-corrected chi connectivity index (χ3v) is 6.24. The molecule has 2 amide bonds. The highest BCUT2D eigenvalue weighted by molar-refractivity contribution is 5.76. The zero-order valence-corrected chi connectivity index (χ0v) is 18.1. The molecule has 30 heavy (non-hydrogen) atoms. The number of nitrogens with zero attached hydrogens (tertiary/aromatic N) is 3. The van der Waals surface area contributed by atoms with Gasteiger partial charge in [0.1, 0.15) is 6.54 Å². The Morgan fingerprint density at radius 1 is 1.20 bits per heavy atom. The number of rotatable bonds is 5. The molecule has 1 atom stereocenters. The van der Waals surface area contributed by atoms with Crippen LogP contribution in [0.15, 0.2) is 23.1 Å². The fraction of sp³-hybridized carbons (Fsp3) is 0.682. The number of hydrogen-bond acceptors (Lipinski definition) is 5. The summed E-state index contributed by atoms with van der Waals surface area (Å²) in [7, 11) is 0. The van der Waals surface area contributed by atoms with Gasteiger partial charge in [-0.05, 0) is 50.7 Å². The second-order valence-electron chi connectivity index (χ2n) is 8.88. The summed E-state index contributed by atoms with van der Waals surface area (Å²) in [5, 5.41) is 14.1. The molecule has 3 heterocycles. The van der Waals surface area contributed by atoms with Crippen molar-refractivity contribution in [2.75, 3.05) is 32.7 Å². The highest BCUT2D eigenvalue weighted by Crippen LogP contribution is 2.25. The minimum Gasteiger partial charge on any atom is -0.388 e. The lowest BCUT2D eigenvalue weighted by atomic mass is 9.93. The van der Waals surface area contributed by atoms with E-state index >= 15 is 0 Å². The summed E-state index contributed by atoms with van der Waals surface area (Å²) in [5.41, 5.74) is -0.0988. The lowest BCUT2D eigenvalue weighted by Crippen LogP contribution is -2.50. The first-order valence-corrected chi connectivity index (χ1v) is 10.9. The number of pyridine rings is 1. The molecule has 8 heteroatoms. The smallest absolute Gasteiger partial charge is 0.251 e. The second kappa shape index (κ2) is 9.75. The Labute approximate surface area is 177 Å². The van der Waals surface area contributed by atoms with Gasteiger partial charge in [-0.2, -0.15) is 0 Å². The Morgan fingerprint density at radius 2 is 1.93 bits per heavy atom. The van der Waals surface area contributed by atoms with E-state index in [1.165, 1.54) is 10.6 Å². The number of aryl methyl sites for hydroxylation is 1. The van der Waals surface area contributed by atoms with E-state index in [9.17, 15) is 19.5 Å². The highest BCUT2D eigenvalue weighted by Gasteiger charge is 2.34. The predicted octanol–water partition coefficient (Wildman–Crippen LogP) is 0.501. The van der Waals surface area contributed by atoms with Crippen LogP contribution in [0.1, 0.15) is 44.6 Å². The number of hydrogen-bond donors (Lipinski definition) is 2. The Hall–Kier alpha value is -2.19. The number of carbonyl (C=O) groups excluding carboxylic acids is 2. The van der Waals surface area contributed by atoms with Crippen molar-refractivity contribution in [2.24, 2.45) is 0 Å². The Morgan fingerprint density at radius 3 is 2.60 bits per heavy atom. The van der Waals surface area contributed by atoms with E-state index in [4.69, 9.17) is 0 Å². The van der Waals surface area contributed by atoms with E-state index < -0.39 is 5.60 Å². The van der Waals surface area contributed by atoms with Crippen LogP contribution in [0.5, 0.6) is 0 Å². The molecule has 3 rings (SSSR count). The molecule has 0 bridgehead atoms. The minimum atomic E-state index is -0.809. The number of piperidine rings is 1. The van der Waals surface area contributed by atoms with E-state index in [0.29, 0.717) is 32.5 Å². The summed E-state index contributed by atoms with van der Waals surface area (Å²) in [6.07, 6.45) is 5.39. The molecule has 2 N–H and O–H groups in total. The van der Waals surface area contributed by atoms with E-state index in [0.717, 1.165) is 37.9 Å². The van der Waals surface area contributed by atoms with Gasteiger partial charge in [-0.1, -0.05) is 0 Å². The largest absolute Gasteiger partial charge is 0.388 e. The van der Waals surface area contributed by atoms with E-state index in [1.807, 2.05) is 13.0 Å². The summed E-state index contributed by atoms with van der Waals surface area (Å²) in [6.45, 7) is 6.84. The minimum absolute atomic E-state index is 0.00788. The molecular formula is C22H34N4O4. The zero-order valence-electron chi connectivity index (χ0n) is 18.1. The normalized spacial score (nSPS) is 23.8. The van der Waals surface area contributed by atoms with Gasteiger partial charge in [-0.15, -0.1) is 0 Å². The quantitative estimate of drug-likeness (QED) is 0.726. The molecule has 0 saturated carbocycles. The van der Waals surface area contributed by atoms with Crippen LogP contribution in [0.4, 0.5) is 0 Å². The molecule has 1 aromatic rings. The molecule has 8 nitrogen and oxygen atoms in total. The first kappa shape index (κ1) is 22.5. The maximum atomic E-state index is 12.7. The molecular weight excluding hydrogens is 384 g/mol. The van der Waals surface area contributed by atoms with Gasteiger partial charge in [0.15, 0.2) is 0 Å². The fourth-order valence-corrected chi connectivity index (χ4v) is 4.51. The third-order valence-electron chi connectivity index (χ3n) is 6.24. The number of nitrogens with one attached hydrogen (secondary N) is 1. The van der Waals surface area contributed by atoms with Gasteiger partial charge in [0, 0.05) is 58.0 Å². The highest BCUT2D eigenvalue weighted by atomic mass is 16.3. The second-order valence-corrected chi connectivity index (χ2v) is 8.88. The van der Waals surface area contributed by atoms with Crippen molar-refractivity contribution in [3.8, 4) is 0 Å². The van der Waals surface area contributed by atoms with Crippen LogP contribution in [0, 0.1) is 6.92 Å². The van der Waals surface area contributed by atoms with Crippen molar-refractivity contribution in [3.05, 3.63) is 34.2 Å². The van der Waals surface area contributed by atoms with Gasteiger partial charge in [-0.25, -0.2) is 0 Å². The van der Waals surface area contributed by atoms with Crippen molar-refractivity contribution < 1.29 is 14.7 Å². The average molecular weight is 419 g/mol. The summed E-state index contributed by atoms with van der Waals surface area (Å²) < 4.78 is 1.44. The van der Waals surface area contributed by atoms with Crippen LogP contribution < -0.4 is 10.9 Å². The van der Waals surface area contributed by atoms with Crippen molar-refractivity contribution in [1.29, 1.82) is 0 Å². The Bertz CT molecular complexity index is 816. The first-order chi connectivity index (χ1) is 14.2. The molecule has 166 valence electrons. The van der Waals surface area contributed by atoms with Gasteiger partial charge in [0.25, 0.3) is 5.56 Å². The van der Waals surface area contributed by atoms with Crippen molar-refractivity contribution in [3.63, 3.8) is 0 Å². The summed E-state index contributed by atoms with van der Waals surface area (Å²) in [5.74, 6) is -0.0742. The summed E-state index contributed by atoms with van der Waals surface area (Å²) in [6, 6.07) is 3.58. The average Bonchev–Trinajstić information content (AvgIpc) is 2.87. The van der Waals surface area contributed by atoms with Gasteiger partial charge in [0.2, 0.25) is 11.8 Å². The van der Waals surface area contributed by atoms with Gasteiger partial charge in [-0.3, -0.25) is 14.4 Å². The lowest BCUT2D eigenvalue weighted by Gasteiger charge is -2.38. The number of aromatic nitrogens is 1. The number of carbonyl (C=O) groups is 2. The zero-order chi connectivity index (χ0) is 21.7. The number of β-amino-alcohol motifs (C(OH)–C–C–N with tert-alkyl or cyclic N) is 1. The van der Waals surface area contributed by atoms with E-state index in [1.54, 1.807) is 18.0 Å². The number of amides is 2. The van der Waals surface area contributed by atoms with Crippen molar-refractivity contribution in [1.82, 2.24) is 19.7 Å². The van der Waals surface area contributed by atoms with Crippen LogP contribution >= 0.6 is 0 Å². The lowest BCUT2D eigenvalue weighted by molar-refractivity contribution is -0.132. The Balaban J connectivity index is 1.50. The summed E-state index contributed by atoms with van der Waals surface area (Å²) >= 11 is 0. The maximum Gasteiger partial charge on any atom is 0.251 e. The monoisotopic (exact) mass is 418 g/mol. The van der Waals surface area contributed by atoms with Crippen LogP contribution in [0.2, 0.25) is 0 Å². The van der Waals surface area contributed by atoms with E-state index in [-0.39, 0.29) is 30.0 Å². The molecule has 0 spiro atoms. The van der Waals surface area contributed by atoms with Gasteiger partial charge in [0.05, 0.1) is 5.60 Å². The molecule has 2 aliphatic heterocycles. The van der Waals surface area contributed by atoms with Gasteiger partial charge < -0.3 is 24.8 Å². The molecule has 2 aliphatic rings. The molecule has 0 aromatic carbocycles. The summed E-state index contributed by atoms with van der Waals surface area (Å²) in [4.78, 5) is 40.0. The molecule has 1 aromatic heterocycles. The molecule has 2 saturated heterocycles. The van der Waals surface area contributed by atoms with Gasteiger partial charge >= 0.3 is 0 Å². The van der Waals surface area contributed by atoms with Crippen LogP contribution in [0.25, 0.3) is 0 Å². The number of likely N-dealkylation sites (tertiary alicyclic amines) is 2. The van der Waals surface area contributed by atoms with E-state index in [2.05, 4.69) is 10.2 Å². The first-order valence-electron chi connectivity index (χ1n) is 10.9. The maximum absolute atomic E-state index is 12.7. The topological polar surface area (TPSA) is 94.9 Å². The fourth-order valence-electron chi connectivity index (χ4n) is 4.51. The van der Waals surface area contributed by atoms with Crippen LogP contribution in [-0.4, -0.2) is 75.7 Å². The Kier molecular flexibility index (Phi) is 7.31. The SMILES string of the molecule is CC(=O)NC1CCN(C[C@@]2(O)CCCN(C(=O)Cn3ccc(C)cc3=O)CC2)CC1. The van der Waals surface area contributed by atoms with Crippen molar-refractivity contribution in [2.45, 2.75) is 64.1 Å². The van der Waals surface area contributed by atoms with Crippen LogP contribution in [0.3, 0.4) is 0 Å². The molecule has 0 unspecified atom stereocenters. The molecule has 2 fully saturated rings. The van der Waals surface area contributed by atoms with Crippen molar-refractivity contribution >= 4 is 11.8 Å². The standard InChI is InChI=1S/C22H34N4O4/c1-17-4-12-26(20(28)14-17)15-21(29)25-9-3-7-22(30,8-13-25)16-24-10-5-19(6-11-24)23-18(2)27/h4,12,14,19,30H,3,5-11,13,15-16H2,1-2H3,(H,23,27)/t22-/m1/s1.